The standard InChI is InChI=1S/C8H15Cl2O3P/c1-3-5-12-14(11,7-8(9)10)13-6-4-2/h7H,3-6H2,1-2H3. The van der Waals surface area contributed by atoms with E-state index >= 15 is 0 Å². The fourth-order valence-corrected chi connectivity index (χ4v) is 2.72. The van der Waals surface area contributed by atoms with E-state index in [0.717, 1.165) is 18.7 Å². The van der Waals surface area contributed by atoms with E-state index in [1.165, 1.54) is 0 Å². The third-order valence-corrected chi connectivity index (χ3v) is 3.39. The maximum atomic E-state index is 11.9. The van der Waals surface area contributed by atoms with Crippen molar-refractivity contribution < 1.29 is 13.6 Å². The molecule has 0 aromatic carbocycles. The molecule has 0 bridgehead atoms. The van der Waals surface area contributed by atoms with Crippen LogP contribution in [-0.2, 0) is 13.6 Å². The molecular weight excluding hydrogens is 246 g/mol. The van der Waals surface area contributed by atoms with E-state index < -0.39 is 7.60 Å². The lowest BCUT2D eigenvalue weighted by atomic mass is 10.5. The lowest BCUT2D eigenvalue weighted by molar-refractivity contribution is 0.212. The van der Waals surface area contributed by atoms with Crippen LogP contribution in [0.15, 0.2) is 10.3 Å². The lowest BCUT2D eigenvalue weighted by Crippen LogP contribution is -1.96. The molecule has 0 radical (unpaired) electrons. The predicted octanol–water partition coefficient (Wildman–Crippen LogP) is 4.31. The Balaban J connectivity index is 4.34. The van der Waals surface area contributed by atoms with Gasteiger partial charge in [0.05, 0.1) is 19.0 Å². The molecule has 0 atom stereocenters. The largest absolute Gasteiger partial charge is 0.356 e. The van der Waals surface area contributed by atoms with Crippen molar-refractivity contribution in [3.8, 4) is 0 Å². The van der Waals surface area contributed by atoms with Gasteiger partial charge in [-0.25, -0.2) is 0 Å². The first-order valence-corrected chi connectivity index (χ1v) is 6.83. The topological polar surface area (TPSA) is 35.5 Å². The van der Waals surface area contributed by atoms with E-state index in [1.807, 2.05) is 13.8 Å². The van der Waals surface area contributed by atoms with Crippen molar-refractivity contribution in [2.75, 3.05) is 13.2 Å². The Kier molecular flexibility index (Phi) is 7.98. The molecule has 0 aliphatic heterocycles. The zero-order valence-corrected chi connectivity index (χ0v) is 10.7. The van der Waals surface area contributed by atoms with E-state index in [-0.39, 0.29) is 4.49 Å². The van der Waals surface area contributed by atoms with Gasteiger partial charge in [0.25, 0.3) is 0 Å². The molecule has 0 saturated heterocycles. The van der Waals surface area contributed by atoms with Gasteiger partial charge in [0, 0.05) is 0 Å². The van der Waals surface area contributed by atoms with Crippen molar-refractivity contribution in [3.05, 3.63) is 10.3 Å². The number of hydrogen-bond donors (Lipinski definition) is 0. The molecular formula is C8H15Cl2O3P. The molecule has 0 aliphatic carbocycles. The molecule has 14 heavy (non-hydrogen) atoms. The first-order chi connectivity index (χ1) is 6.54. The number of rotatable bonds is 7. The highest BCUT2D eigenvalue weighted by Gasteiger charge is 2.21. The minimum atomic E-state index is -3.23. The smallest absolute Gasteiger partial charge is 0.306 e. The first kappa shape index (κ1) is 14.5. The van der Waals surface area contributed by atoms with E-state index in [4.69, 9.17) is 32.2 Å². The van der Waals surface area contributed by atoms with Gasteiger partial charge in [-0.05, 0) is 12.8 Å². The van der Waals surface area contributed by atoms with Gasteiger partial charge < -0.3 is 9.05 Å². The molecule has 3 nitrogen and oxygen atoms in total. The maximum absolute atomic E-state index is 11.9. The molecule has 0 aromatic heterocycles. The van der Waals surface area contributed by atoms with Gasteiger partial charge in [-0.15, -0.1) is 0 Å². The molecule has 6 heteroatoms. The molecule has 0 saturated carbocycles. The van der Waals surface area contributed by atoms with Crippen LogP contribution in [0.4, 0.5) is 0 Å². The Hall–Kier alpha value is 0.470. The van der Waals surface area contributed by atoms with E-state index in [1.54, 1.807) is 0 Å². The maximum Gasteiger partial charge on any atom is 0.356 e. The van der Waals surface area contributed by atoms with Crippen molar-refractivity contribution >= 4 is 30.8 Å². The molecule has 0 unspecified atom stereocenters. The molecule has 0 fully saturated rings. The second-order valence-electron chi connectivity index (χ2n) is 2.63. The highest BCUT2D eigenvalue weighted by Crippen LogP contribution is 2.51. The average molecular weight is 261 g/mol. The van der Waals surface area contributed by atoms with Crippen molar-refractivity contribution in [1.82, 2.24) is 0 Å². The quantitative estimate of drug-likeness (QED) is 0.640. The Labute approximate surface area is 94.9 Å². The highest BCUT2D eigenvalue weighted by molar-refractivity contribution is 7.57. The van der Waals surface area contributed by atoms with Gasteiger partial charge >= 0.3 is 7.60 Å². The fourth-order valence-electron chi connectivity index (χ4n) is 0.668. The summed E-state index contributed by atoms with van der Waals surface area (Å²) in [4.78, 5) is 0. The summed E-state index contributed by atoms with van der Waals surface area (Å²) in [7, 11) is -3.23. The minimum absolute atomic E-state index is 0.0967. The van der Waals surface area contributed by atoms with Gasteiger partial charge in [0.1, 0.15) is 4.49 Å². The highest BCUT2D eigenvalue weighted by atomic mass is 35.5. The third kappa shape index (κ3) is 6.86. The van der Waals surface area contributed by atoms with Gasteiger partial charge in [-0.3, -0.25) is 4.57 Å². The van der Waals surface area contributed by atoms with Crippen LogP contribution in [0.3, 0.4) is 0 Å². The fraction of sp³-hybridized carbons (Fsp3) is 0.750. The van der Waals surface area contributed by atoms with Crippen LogP contribution in [0.1, 0.15) is 26.7 Å². The monoisotopic (exact) mass is 260 g/mol. The summed E-state index contributed by atoms with van der Waals surface area (Å²) in [5, 5.41) is 0. The van der Waals surface area contributed by atoms with Gasteiger partial charge in [0.15, 0.2) is 0 Å². The minimum Gasteiger partial charge on any atom is -0.306 e. The molecule has 0 N–H and O–H groups in total. The zero-order valence-electron chi connectivity index (χ0n) is 8.33. The summed E-state index contributed by atoms with van der Waals surface area (Å²) >= 11 is 10.8. The Morgan fingerprint density at radius 3 is 1.93 bits per heavy atom. The summed E-state index contributed by atoms with van der Waals surface area (Å²) < 4.78 is 21.9. The van der Waals surface area contributed by atoms with Gasteiger partial charge in [-0.2, -0.15) is 0 Å². The second kappa shape index (κ2) is 7.72. The van der Waals surface area contributed by atoms with Crippen LogP contribution < -0.4 is 0 Å². The predicted molar refractivity (Wildman–Crippen MR) is 59.9 cm³/mol. The summed E-state index contributed by atoms with van der Waals surface area (Å²) in [6, 6.07) is 0. The van der Waals surface area contributed by atoms with Crippen LogP contribution in [0, 0.1) is 0 Å². The average Bonchev–Trinajstić information content (AvgIpc) is 2.11. The second-order valence-corrected chi connectivity index (χ2v) is 5.49. The molecule has 0 aromatic rings. The Bertz CT molecular complexity index is 215. The molecule has 84 valence electrons. The van der Waals surface area contributed by atoms with Crippen molar-refractivity contribution in [2.45, 2.75) is 26.7 Å². The lowest BCUT2D eigenvalue weighted by Gasteiger charge is -2.13. The van der Waals surface area contributed by atoms with Crippen LogP contribution in [-0.4, -0.2) is 13.2 Å². The van der Waals surface area contributed by atoms with Crippen LogP contribution in [0.2, 0.25) is 0 Å². The van der Waals surface area contributed by atoms with Crippen molar-refractivity contribution in [2.24, 2.45) is 0 Å². The zero-order chi connectivity index (χ0) is 11.0. The summed E-state index contributed by atoms with van der Waals surface area (Å²) in [6.07, 6.45) is 1.51. The SMILES string of the molecule is CCCOP(=O)(C=C(Cl)Cl)OCCC. The van der Waals surface area contributed by atoms with Crippen molar-refractivity contribution in [3.63, 3.8) is 0 Å². The van der Waals surface area contributed by atoms with Gasteiger partial charge in [0.2, 0.25) is 0 Å². The molecule has 0 amide bonds. The van der Waals surface area contributed by atoms with Crippen LogP contribution >= 0.6 is 30.8 Å². The van der Waals surface area contributed by atoms with E-state index in [9.17, 15) is 4.57 Å². The Morgan fingerprint density at radius 1 is 1.21 bits per heavy atom. The van der Waals surface area contributed by atoms with E-state index in [0.29, 0.717) is 13.2 Å². The molecule has 0 heterocycles. The first-order valence-electron chi connectivity index (χ1n) is 4.46. The molecule has 0 rings (SSSR count). The number of halogens is 2. The summed E-state index contributed by atoms with van der Waals surface area (Å²) in [5.74, 6) is 1.13. The van der Waals surface area contributed by atoms with Crippen molar-refractivity contribution in [1.29, 1.82) is 0 Å². The normalized spacial score (nSPS) is 11.4. The third-order valence-electron chi connectivity index (χ3n) is 1.21. The summed E-state index contributed by atoms with van der Waals surface area (Å²) in [6.45, 7) is 4.55. The van der Waals surface area contributed by atoms with Crippen LogP contribution in [0.25, 0.3) is 0 Å². The summed E-state index contributed by atoms with van der Waals surface area (Å²) in [5.41, 5.74) is 0. The molecule has 0 aliphatic rings. The molecule has 0 spiro atoms. The van der Waals surface area contributed by atoms with E-state index in [2.05, 4.69) is 0 Å². The van der Waals surface area contributed by atoms with Gasteiger partial charge in [-0.1, -0.05) is 37.0 Å². The van der Waals surface area contributed by atoms with Crippen LogP contribution in [0.5, 0.6) is 0 Å². The number of hydrogen-bond acceptors (Lipinski definition) is 3. The Morgan fingerprint density at radius 2 is 1.64 bits per heavy atom.